The van der Waals surface area contributed by atoms with Crippen LogP contribution in [0.1, 0.15) is 22.8 Å². The summed E-state index contributed by atoms with van der Waals surface area (Å²) in [7, 11) is 0. The summed E-state index contributed by atoms with van der Waals surface area (Å²) in [6.45, 7) is 1.79. The van der Waals surface area contributed by atoms with Gasteiger partial charge in [-0.3, -0.25) is 9.59 Å². The van der Waals surface area contributed by atoms with E-state index in [1.165, 1.54) is 6.92 Å². The van der Waals surface area contributed by atoms with Crippen molar-refractivity contribution in [2.75, 3.05) is 0 Å². The van der Waals surface area contributed by atoms with Crippen molar-refractivity contribution in [1.82, 2.24) is 10.6 Å². The van der Waals surface area contributed by atoms with Gasteiger partial charge in [0.1, 0.15) is 6.04 Å². The summed E-state index contributed by atoms with van der Waals surface area (Å²) in [5.41, 5.74) is 0.673. The molecule has 2 aromatic carbocycles. The topological polar surface area (TPSA) is 58.2 Å². The van der Waals surface area contributed by atoms with E-state index in [4.69, 9.17) is 11.6 Å². The van der Waals surface area contributed by atoms with Crippen molar-refractivity contribution < 1.29 is 18.4 Å². The third-order valence-electron chi connectivity index (χ3n) is 3.31. The molecule has 0 fully saturated rings. The molecule has 24 heavy (non-hydrogen) atoms. The molecule has 2 aromatic rings. The molecule has 0 saturated carbocycles. The number of nitrogens with one attached hydrogen (secondary N) is 2. The summed E-state index contributed by atoms with van der Waals surface area (Å²) in [6.07, 6.45) is 0. The molecule has 0 radical (unpaired) electrons. The van der Waals surface area contributed by atoms with E-state index in [-0.39, 0.29) is 10.6 Å². The fourth-order valence-electron chi connectivity index (χ4n) is 1.97. The number of amides is 2. The second-order valence-corrected chi connectivity index (χ2v) is 5.55. The fourth-order valence-corrected chi connectivity index (χ4v) is 2.21. The lowest BCUT2D eigenvalue weighted by atomic mass is 10.1. The van der Waals surface area contributed by atoms with Gasteiger partial charge in [-0.2, -0.15) is 0 Å². The Bertz CT molecular complexity index is 754. The Balaban J connectivity index is 1.96. The summed E-state index contributed by atoms with van der Waals surface area (Å²) >= 11 is 5.73. The molecule has 1 unspecified atom stereocenters. The first-order valence-electron chi connectivity index (χ1n) is 7.15. The second kappa shape index (κ2) is 7.88. The minimum absolute atomic E-state index is 0.233. The maximum Gasteiger partial charge on any atom is 0.253 e. The smallest absolute Gasteiger partial charge is 0.253 e. The summed E-state index contributed by atoms with van der Waals surface area (Å²) in [5, 5.41) is 4.83. The molecule has 0 aromatic heterocycles. The first-order valence-corrected chi connectivity index (χ1v) is 7.53. The number of rotatable bonds is 5. The molecule has 7 heteroatoms. The maximum atomic E-state index is 13.2. The highest BCUT2D eigenvalue weighted by atomic mass is 35.5. The van der Waals surface area contributed by atoms with Crippen LogP contribution >= 0.6 is 11.6 Å². The van der Waals surface area contributed by atoms with Gasteiger partial charge in [-0.15, -0.1) is 0 Å². The summed E-state index contributed by atoms with van der Waals surface area (Å²) in [4.78, 5) is 24.0. The van der Waals surface area contributed by atoms with Gasteiger partial charge in [0.2, 0.25) is 5.91 Å². The van der Waals surface area contributed by atoms with Crippen molar-refractivity contribution in [3.8, 4) is 0 Å². The predicted octanol–water partition coefficient (Wildman–Crippen LogP) is 3.05. The molecule has 0 saturated heterocycles. The number of halogens is 3. The number of benzene rings is 2. The molecule has 0 heterocycles. The van der Waals surface area contributed by atoms with Gasteiger partial charge in [0, 0.05) is 6.54 Å². The third kappa shape index (κ3) is 4.52. The van der Waals surface area contributed by atoms with Crippen molar-refractivity contribution in [3.05, 3.63) is 70.2 Å². The van der Waals surface area contributed by atoms with E-state index >= 15 is 0 Å². The van der Waals surface area contributed by atoms with Gasteiger partial charge in [0.15, 0.2) is 11.6 Å². The zero-order valence-electron chi connectivity index (χ0n) is 12.8. The van der Waals surface area contributed by atoms with Crippen LogP contribution in [0, 0.1) is 11.6 Å². The summed E-state index contributed by atoms with van der Waals surface area (Å²) < 4.78 is 26.3. The average Bonchev–Trinajstić information content (AvgIpc) is 2.56. The van der Waals surface area contributed by atoms with Crippen LogP contribution in [0.15, 0.2) is 42.5 Å². The lowest BCUT2D eigenvalue weighted by molar-refractivity contribution is -0.122. The SMILES string of the molecule is CC(NC(=O)c1cc(F)c(F)cc1Cl)C(=O)NCc1ccccc1. The quantitative estimate of drug-likeness (QED) is 0.813. The van der Waals surface area contributed by atoms with Crippen molar-refractivity contribution in [3.63, 3.8) is 0 Å². The van der Waals surface area contributed by atoms with E-state index in [1.54, 1.807) is 0 Å². The lowest BCUT2D eigenvalue weighted by Crippen LogP contribution is -2.44. The molecule has 2 N–H and O–H groups in total. The zero-order chi connectivity index (χ0) is 17.7. The van der Waals surface area contributed by atoms with E-state index in [1.807, 2.05) is 30.3 Å². The van der Waals surface area contributed by atoms with Gasteiger partial charge in [0.25, 0.3) is 5.91 Å². The monoisotopic (exact) mass is 352 g/mol. The summed E-state index contributed by atoms with van der Waals surface area (Å²) in [5.74, 6) is -3.51. The normalized spacial score (nSPS) is 11.7. The van der Waals surface area contributed by atoms with Crippen LogP contribution in [0.3, 0.4) is 0 Å². The molecule has 0 spiro atoms. The highest BCUT2D eigenvalue weighted by Crippen LogP contribution is 2.20. The summed E-state index contributed by atoms with van der Waals surface area (Å²) in [6, 6.07) is 9.79. The van der Waals surface area contributed by atoms with Crippen LogP contribution < -0.4 is 10.6 Å². The van der Waals surface area contributed by atoms with Gasteiger partial charge in [0.05, 0.1) is 10.6 Å². The van der Waals surface area contributed by atoms with Crippen LogP contribution in [0.25, 0.3) is 0 Å². The van der Waals surface area contributed by atoms with Gasteiger partial charge >= 0.3 is 0 Å². The average molecular weight is 353 g/mol. The largest absolute Gasteiger partial charge is 0.350 e. The molecule has 0 aliphatic carbocycles. The molecular weight excluding hydrogens is 338 g/mol. The minimum atomic E-state index is -1.19. The molecule has 2 rings (SSSR count). The lowest BCUT2D eigenvalue weighted by Gasteiger charge is -2.15. The van der Waals surface area contributed by atoms with Gasteiger partial charge in [-0.05, 0) is 24.6 Å². The molecule has 1 atom stereocenters. The maximum absolute atomic E-state index is 13.2. The van der Waals surface area contributed by atoms with Crippen molar-refractivity contribution >= 4 is 23.4 Å². The highest BCUT2D eigenvalue weighted by Gasteiger charge is 2.20. The number of hydrogen-bond acceptors (Lipinski definition) is 2. The highest BCUT2D eigenvalue weighted by molar-refractivity contribution is 6.33. The molecule has 126 valence electrons. The molecule has 2 amide bonds. The van der Waals surface area contributed by atoms with E-state index in [0.717, 1.165) is 5.56 Å². The third-order valence-corrected chi connectivity index (χ3v) is 3.62. The Morgan fingerprint density at radius 2 is 1.75 bits per heavy atom. The Labute approximate surface area is 142 Å². The molecule has 4 nitrogen and oxygen atoms in total. The molecule has 0 bridgehead atoms. The minimum Gasteiger partial charge on any atom is -0.350 e. The van der Waals surface area contributed by atoms with Gasteiger partial charge < -0.3 is 10.6 Å². The van der Waals surface area contributed by atoms with Crippen LogP contribution in [-0.2, 0) is 11.3 Å². The van der Waals surface area contributed by atoms with Gasteiger partial charge in [-0.25, -0.2) is 8.78 Å². The van der Waals surface area contributed by atoms with E-state index in [9.17, 15) is 18.4 Å². The van der Waals surface area contributed by atoms with E-state index < -0.39 is 29.5 Å². The first-order chi connectivity index (χ1) is 11.4. The van der Waals surface area contributed by atoms with E-state index in [2.05, 4.69) is 10.6 Å². The molecule has 0 aliphatic heterocycles. The Morgan fingerprint density at radius 3 is 2.42 bits per heavy atom. The molecular formula is C17H15ClF2N2O2. The second-order valence-electron chi connectivity index (χ2n) is 5.14. The molecule has 0 aliphatic rings. The van der Waals surface area contributed by atoms with Crippen LogP contribution in [0.5, 0.6) is 0 Å². The Morgan fingerprint density at radius 1 is 1.12 bits per heavy atom. The first kappa shape index (κ1) is 17.9. The van der Waals surface area contributed by atoms with Gasteiger partial charge in [-0.1, -0.05) is 41.9 Å². The van der Waals surface area contributed by atoms with Crippen molar-refractivity contribution in [2.45, 2.75) is 19.5 Å². The van der Waals surface area contributed by atoms with Crippen molar-refractivity contribution in [2.24, 2.45) is 0 Å². The number of carbonyl (C=O) groups is 2. The number of carbonyl (C=O) groups excluding carboxylic acids is 2. The van der Waals surface area contributed by atoms with Crippen LogP contribution in [0.4, 0.5) is 8.78 Å². The fraction of sp³-hybridized carbons (Fsp3) is 0.176. The van der Waals surface area contributed by atoms with Crippen LogP contribution in [0.2, 0.25) is 5.02 Å². The number of hydrogen-bond donors (Lipinski definition) is 2. The van der Waals surface area contributed by atoms with Crippen molar-refractivity contribution in [1.29, 1.82) is 0 Å². The Hall–Kier alpha value is -2.47. The van der Waals surface area contributed by atoms with E-state index in [0.29, 0.717) is 18.7 Å². The standard InChI is InChI=1S/C17H15ClF2N2O2/c1-10(16(23)21-9-11-5-3-2-4-6-11)22-17(24)12-7-14(19)15(20)8-13(12)18/h2-8,10H,9H2,1H3,(H,21,23)(H,22,24). The van der Waals surface area contributed by atoms with Crippen LogP contribution in [-0.4, -0.2) is 17.9 Å². The Kier molecular flexibility index (Phi) is 5.87. The zero-order valence-corrected chi connectivity index (χ0v) is 13.5. The predicted molar refractivity (Wildman–Crippen MR) is 86.6 cm³/mol.